The van der Waals surface area contributed by atoms with Crippen LogP contribution in [-0.2, 0) is 20.1 Å². The fourth-order valence-electron chi connectivity index (χ4n) is 2.74. The van der Waals surface area contributed by atoms with Crippen LogP contribution in [0.3, 0.4) is 0 Å². The third-order valence-electron chi connectivity index (χ3n) is 3.80. The summed E-state index contributed by atoms with van der Waals surface area (Å²) in [6, 6.07) is 12.3. The molecular weight excluding hydrogens is 264 g/mol. The van der Waals surface area contributed by atoms with Crippen LogP contribution in [0.25, 0.3) is 22.8 Å². The Kier molecular flexibility index (Phi) is 2.82. The Morgan fingerprint density at radius 3 is 2.86 bits per heavy atom. The van der Waals surface area contributed by atoms with Crippen LogP contribution < -0.4 is 5.32 Å². The van der Waals surface area contributed by atoms with Gasteiger partial charge in [-0.15, -0.1) is 10.2 Å². The third kappa shape index (κ3) is 2.04. The number of hydrogen-bond donors (Lipinski definition) is 1. The molecule has 3 heterocycles. The highest BCUT2D eigenvalue weighted by molar-refractivity contribution is 5.65. The van der Waals surface area contributed by atoms with Gasteiger partial charge >= 0.3 is 0 Å². The number of nitrogens with zero attached hydrogens (tertiary/aromatic N) is 5. The first kappa shape index (κ1) is 12.3. The van der Waals surface area contributed by atoms with E-state index in [0.717, 1.165) is 48.2 Å². The fourth-order valence-corrected chi connectivity index (χ4v) is 2.74. The molecule has 0 spiro atoms. The molecule has 6 heteroatoms. The highest BCUT2D eigenvalue weighted by Crippen LogP contribution is 2.25. The van der Waals surface area contributed by atoms with Gasteiger partial charge in [-0.25, -0.2) is 0 Å². The Hall–Kier alpha value is -2.47. The molecule has 0 bridgehead atoms. The second-order valence-corrected chi connectivity index (χ2v) is 5.17. The summed E-state index contributed by atoms with van der Waals surface area (Å²) in [7, 11) is 1.96. The third-order valence-corrected chi connectivity index (χ3v) is 3.80. The zero-order valence-electron chi connectivity index (χ0n) is 11.8. The van der Waals surface area contributed by atoms with Crippen molar-refractivity contribution in [3.8, 4) is 22.8 Å². The molecule has 4 rings (SSSR count). The lowest BCUT2D eigenvalue weighted by Crippen LogP contribution is -2.28. The van der Waals surface area contributed by atoms with Crippen molar-refractivity contribution in [2.75, 3.05) is 6.54 Å². The van der Waals surface area contributed by atoms with Crippen molar-refractivity contribution < 1.29 is 0 Å². The number of rotatable bonds is 2. The van der Waals surface area contributed by atoms with Crippen molar-refractivity contribution in [1.82, 2.24) is 29.9 Å². The smallest absolute Gasteiger partial charge is 0.184 e. The second-order valence-electron chi connectivity index (χ2n) is 5.17. The summed E-state index contributed by atoms with van der Waals surface area (Å²) in [5.74, 6) is 1.83. The summed E-state index contributed by atoms with van der Waals surface area (Å²) in [6.07, 6.45) is 0. The molecule has 2 aromatic heterocycles. The molecular formula is C15H16N6. The Morgan fingerprint density at radius 1 is 1.14 bits per heavy atom. The summed E-state index contributed by atoms with van der Waals surface area (Å²) in [5.41, 5.74) is 3.10. The number of benzene rings is 1. The highest BCUT2D eigenvalue weighted by atomic mass is 15.3. The maximum absolute atomic E-state index is 4.61. The molecule has 0 unspecified atom stereocenters. The van der Waals surface area contributed by atoms with Crippen LogP contribution in [0, 0.1) is 0 Å². The molecule has 1 aromatic carbocycles. The van der Waals surface area contributed by atoms with Crippen LogP contribution in [0.2, 0.25) is 0 Å². The number of aryl methyl sites for hydroxylation is 1. The molecule has 3 aromatic rings. The van der Waals surface area contributed by atoms with Gasteiger partial charge in [-0.1, -0.05) is 30.3 Å². The van der Waals surface area contributed by atoms with Crippen LogP contribution in [0.5, 0.6) is 0 Å². The van der Waals surface area contributed by atoms with Crippen LogP contribution in [0.15, 0.2) is 36.4 Å². The number of hydrogen-bond acceptors (Lipinski definition) is 4. The quantitative estimate of drug-likeness (QED) is 0.772. The van der Waals surface area contributed by atoms with Gasteiger partial charge in [-0.05, 0) is 11.6 Å². The first-order chi connectivity index (χ1) is 10.3. The van der Waals surface area contributed by atoms with Crippen LogP contribution in [0.4, 0.5) is 0 Å². The van der Waals surface area contributed by atoms with Crippen molar-refractivity contribution in [1.29, 1.82) is 0 Å². The van der Waals surface area contributed by atoms with Gasteiger partial charge in [-0.2, -0.15) is 5.10 Å². The average Bonchev–Trinajstić information content (AvgIpc) is 3.11. The van der Waals surface area contributed by atoms with E-state index in [9.17, 15) is 0 Å². The normalized spacial score (nSPS) is 14.1. The largest absolute Gasteiger partial charge is 0.308 e. The minimum atomic E-state index is 0.769. The summed E-state index contributed by atoms with van der Waals surface area (Å²) < 4.78 is 4.04. The second kappa shape index (κ2) is 4.82. The lowest BCUT2D eigenvalue weighted by molar-refractivity contribution is 0.508. The van der Waals surface area contributed by atoms with E-state index < -0.39 is 0 Å². The molecule has 0 saturated carbocycles. The minimum absolute atomic E-state index is 0.769. The molecule has 0 fully saturated rings. The molecule has 6 nitrogen and oxygen atoms in total. The van der Waals surface area contributed by atoms with Crippen LogP contribution in [-0.4, -0.2) is 31.1 Å². The lowest BCUT2D eigenvalue weighted by atomic mass is 10.1. The number of fused-ring (bicyclic) bond motifs is 1. The highest BCUT2D eigenvalue weighted by Gasteiger charge is 2.19. The first-order valence-corrected chi connectivity index (χ1v) is 7.05. The maximum Gasteiger partial charge on any atom is 0.184 e. The lowest BCUT2D eigenvalue weighted by Gasteiger charge is -2.15. The Bertz CT molecular complexity index is 771. The SMILES string of the molecule is Cn1nc(-c2nnc3n2CCNC3)cc1-c1ccccc1. The fraction of sp³-hybridized carbons (Fsp3) is 0.267. The van der Waals surface area contributed by atoms with E-state index >= 15 is 0 Å². The minimum Gasteiger partial charge on any atom is -0.308 e. The van der Waals surface area contributed by atoms with Gasteiger partial charge in [0.1, 0.15) is 11.5 Å². The molecule has 0 atom stereocenters. The number of nitrogens with one attached hydrogen (secondary N) is 1. The van der Waals surface area contributed by atoms with Crippen molar-refractivity contribution in [2.24, 2.45) is 7.05 Å². The number of aromatic nitrogens is 5. The van der Waals surface area contributed by atoms with E-state index in [2.05, 4.69) is 43.4 Å². The topological polar surface area (TPSA) is 60.6 Å². The zero-order chi connectivity index (χ0) is 14.2. The van der Waals surface area contributed by atoms with Crippen molar-refractivity contribution in [3.05, 3.63) is 42.2 Å². The van der Waals surface area contributed by atoms with Gasteiger partial charge in [0, 0.05) is 20.1 Å². The molecule has 21 heavy (non-hydrogen) atoms. The predicted molar refractivity (Wildman–Crippen MR) is 79.4 cm³/mol. The Balaban J connectivity index is 1.79. The first-order valence-electron chi connectivity index (χ1n) is 7.05. The van der Waals surface area contributed by atoms with Crippen molar-refractivity contribution >= 4 is 0 Å². The standard InChI is InChI=1S/C15H16N6/c1-20-13(11-5-3-2-4-6-11)9-12(19-20)15-18-17-14-10-16-7-8-21(14)15/h2-6,9,16H,7-8,10H2,1H3. The van der Waals surface area contributed by atoms with Crippen molar-refractivity contribution in [3.63, 3.8) is 0 Å². The molecule has 0 radical (unpaired) electrons. The van der Waals surface area contributed by atoms with Gasteiger partial charge in [0.25, 0.3) is 0 Å². The molecule has 1 N–H and O–H groups in total. The molecule has 106 valence electrons. The predicted octanol–water partition coefficient (Wildman–Crippen LogP) is 1.45. The summed E-state index contributed by atoms with van der Waals surface area (Å²) in [6.45, 7) is 2.59. The van der Waals surface area contributed by atoms with Crippen LogP contribution >= 0.6 is 0 Å². The van der Waals surface area contributed by atoms with E-state index in [1.54, 1.807) is 0 Å². The molecule has 0 saturated heterocycles. The zero-order valence-corrected chi connectivity index (χ0v) is 11.8. The van der Waals surface area contributed by atoms with E-state index in [0.29, 0.717) is 0 Å². The maximum atomic E-state index is 4.61. The van der Waals surface area contributed by atoms with E-state index in [1.165, 1.54) is 0 Å². The van der Waals surface area contributed by atoms with E-state index in [4.69, 9.17) is 0 Å². The summed E-state index contributed by atoms with van der Waals surface area (Å²) >= 11 is 0. The summed E-state index contributed by atoms with van der Waals surface area (Å²) in [5, 5.41) is 16.5. The molecule has 0 amide bonds. The summed E-state index contributed by atoms with van der Waals surface area (Å²) in [4.78, 5) is 0. The molecule has 1 aliphatic heterocycles. The van der Waals surface area contributed by atoms with Crippen LogP contribution in [0.1, 0.15) is 5.82 Å². The van der Waals surface area contributed by atoms with Gasteiger partial charge in [0.05, 0.1) is 12.2 Å². The average molecular weight is 280 g/mol. The van der Waals surface area contributed by atoms with Gasteiger partial charge in [0.15, 0.2) is 5.82 Å². The van der Waals surface area contributed by atoms with E-state index in [1.807, 2.05) is 29.9 Å². The van der Waals surface area contributed by atoms with Gasteiger partial charge < -0.3 is 9.88 Å². The monoisotopic (exact) mass is 280 g/mol. The molecule has 1 aliphatic rings. The van der Waals surface area contributed by atoms with Crippen molar-refractivity contribution in [2.45, 2.75) is 13.1 Å². The molecule has 0 aliphatic carbocycles. The van der Waals surface area contributed by atoms with Gasteiger partial charge in [0.2, 0.25) is 0 Å². The van der Waals surface area contributed by atoms with E-state index in [-0.39, 0.29) is 0 Å². The Morgan fingerprint density at radius 2 is 2.00 bits per heavy atom. The van der Waals surface area contributed by atoms with Gasteiger partial charge in [-0.3, -0.25) is 4.68 Å². The Labute approximate surface area is 122 Å².